The molecule has 184 valence electrons. The number of halogens is 1. The number of ketones is 1. The lowest BCUT2D eigenvalue weighted by atomic mass is 9.83. The second-order valence-corrected chi connectivity index (χ2v) is 10.2. The van der Waals surface area contributed by atoms with Crippen molar-refractivity contribution in [1.29, 1.82) is 0 Å². The average molecular weight is 557 g/mol. The summed E-state index contributed by atoms with van der Waals surface area (Å²) in [5.41, 5.74) is 2.73. The fraction of sp³-hybridized carbons (Fsp3) is 0.172. The van der Waals surface area contributed by atoms with Gasteiger partial charge in [0.25, 0.3) is 0 Å². The van der Waals surface area contributed by atoms with Crippen LogP contribution in [0.1, 0.15) is 34.5 Å². The van der Waals surface area contributed by atoms with Crippen LogP contribution in [-0.2, 0) is 14.4 Å². The van der Waals surface area contributed by atoms with Gasteiger partial charge in [-0.3, -0.25) is 19.2 Å². The van der Waals surface area contributed by atoms with E-state index in [1.165, 1.54) is 11.8 Å². The Morgan fingerprint density at radius 2 is 1.54 bits per heavy atom. The van der Waals surface area contributed by atoms with Crippen molar-refractivity contribution < 1.29 is 23.9 Å². The van der Waals surface area contributed by atoms with E-state index in [1.807, 2.05) is 41.4 Å². The number of Topliss-reactive ketones (excluding diaryl/α,β-unsaturated/α-hetero) is 1. The molecule has 2 saturated heterocycles. The SMILES string of the molecule is CC(=O)Oc1ccc(C(=O)[C@@H]2[C@@H]3C(=O)N(c4ccc(Br)cc4)C(=O)[C@H]3[C@@H]3c4ccccc4C=CN23)cc1. The highest BCUT2D eigenvalue weighted by Crippen LogP contribution is 2.53. The van der Waals surface area contributed by atoms with E-state index in [0.29, 0.717) is 17.0 Å². The largest absolute Gasteiger partial charge is 0.427 e. The second kappa shape index (κ2) is 8.81. The van der Waals surface area contributed by atoms with E-state index in [-0.39, 0.29) is 17.6 Å². The quantitative estimate of drug-likeness (QED) is 0.199. The summed E-state index contributed by atoms with van der Waals surface area (Å²) in [6.45, 7) is 1.30. The van der Waals surface area contributed by atoms with E-state index < -0.39 is 29.9 Å². The normalized spacial score (nSPS) is 23.5. The molecule has 0 aromatic heterocycles. The van der Waals surface area contributed by atoms with Gasteiger partial charge in [0, 0.05) is 23.2 Å². The van der Waals surface area contributed by atoms with Crippen molar-refractivity contribution in [2.24, 2.45) is 11.8 Å². The summed E-state index contributed by atoms with van der Waals surface area (Å²) in [5, 5.41) is 0. The number of carbonyl (C=O) groups is 4. The van der Waals surface area contributed by atoms with Gasteiger partial charge in [-0.05, 0) is 65.7 Å². The molecule has 0 aliphatic carbocycles. The van der Waals surface area contributed by atoms with Crippen LogP contribution in [0.2, 0.25) is 0 Å². The van der Waals surface area contributed by atoms with Crippen LogP contribution in [0.5, 0.6) is 5.75 Å². The molecule has 3 aromatic carbocycles. The molecule has 0 bridgehead atoms. The van der Waals surface area contributed by atoms with Crippen LogP contribution < -0.4 is 9.64 Å². The van der Waals surface area contributed by atoms with Crippen molar-refractivity contribution in [3.63, 3.8) is 0 Å². The predicted octanol–water partition coefficient (Wildman–Crippen LogP) is 4.77. The van der Waals surface area contributed by atoms with Crippen LogP contribution in [0.4, 0.5) is 5.69 Å². The summed E-state index contributed by atoms with van der Waals surface area (Å²) in [6, 6.07) is 19.7. The lowest BCUT2D eigenvalue weighted by Gasteiger charge is -2.35. The van der Waals surface area contributed by atoms with Gasteiger partial charge in [-0.25, -0.2) is 4.90 Å². The van der Waals surface area contributed by atoms with Crippen LogP contribution in [0, 0.1) is 11.8 Å². The predicted molar refractivity (Wildman–Crippen MR) is 140 cm³/mol. The smallest absolute Gasteiger partial charge is 0.308 e. The molecule has 0 saturated carbocycles. The lowest BCUT2D eigenvalue weighted by molar-refractivity contribution is -0.132. The first-order valence-corrected chi connectivity index (χ1v) is 12.6. The highest BCUT2D eigenvalue weighted by atomic mass is 79.9. The molecule has 0 unspecified atom stereocenters. The van der Waals surface area contributed by atoms with E-state index >= 15 is 0 Å². The highest BCUT2D eigenvalue weighted by molar-refractivity contribution is 9.10. The lowest BCUT2D eigenvalue weighted by Crippen LogP contribution is -2.44. The molecular weight excluding hydrogens is 536 g/mol. The fourth-order valence-corrected chi connectivity index (χ4v) is 5.99. The van der Waals surface area contributed by atoms with Gasteiger partial charge in [0.1, 0.15) is 11.8 Å². The molecule has 7 nitrogen and oxygen atoms in total. The number of benzene rings is 3. The number of anilines is 1. The van der Waals surface area contributed by atoms with Crippen LogP contribution in [0.15, 0.2) is 83.5 Å². The molecule has 0 spiro atoms. The van der Waals surface area contributed by atoms with E-state index in [4.69, 9.17) is 4.74 Å². The summed E-state index contributed by atoms with van der Waals surface area (Å²) in [4.78, 5) is 56.1. The summed E-state index contributed by atoms with van der Waals surface area (Å²) in [7, 11) is 0. The molecule has 3 aliphatic rings. The monoisotopic (exact) mass is 556 g/mol. The Bertz CT molecular complexity index is 1480. The van der Waals surface area contributed by atoms with E-state index in [9.17, 15) is 19.2 Å². The molecule has 3 aromatic rings. The van der Waals surface area contributed by atoms with Gasteiger partial charge >= 0.3 is 5.97 Å². The molecule has 3 heterocycles. The molecule has 8 heteroatoms. The molecule has 3 aliphatic heterocycles. The van der Waals surface area contributed by atoms with Crippen molar-refractivity contribution in [1.82, 2.24) is 4.90 Å². The number of imide groups is 1. The number of ether oxygens (including phenoxy) is 1. The Hall–Kier alpha value is -4.04. The summed E-state index contributed by atoms with van der Waals surface area (Å²) in [5.74, 6) is -2.65. The number of rotatable bonds is 4. The molecular formula is C29H21BrN2O5. The summed E-state index contributed by atoms with van der Waals surface area (Å²) < 4.78 is 5.92. The van der Waals surface area contributed by atoms with Crippen LogP contribution in [-0.4, -0.2) is 34.5 Å². The molecule has 0 radical (unpaired) electrons. The third-order valence-electron chi connectivity index (χ3n) is 7.22. The summed E-state index contributed by atoms with van der Waals surface area (Å²) >= 11 is 3.39. The number of nitrogens with zero attached hydrogens (tertiary/aromatic N) is 2. The highest BCUT2D eigenvalue weighted by Gasteiger charge is 2.64. The van der Waals surface area contributed by atoms with Crippen LogP contribution >= 0.6 is 15.9 Å². The molecule has 2 fully saturated rings. The van der Waals surface area contributed by atoms with Crippen molar-refractivity contribution in [2.75, 3.05) is 4.90 Å². The molecule has 2 amide bonds. The van der Waals surface area contributed by atoms with Crippen molar-refractivity contribution in [3.05, 3.63) is 100 Å². The van der Waals surface area contributed by atoms with E-state index in [0.717, 1.165) is 15.6 Å². The first kappa shape index (κ1) is 23.4. The fourth-order valence-electron chi connectivity index (χ4n) is 5.73. The third-order valence-corrected chi connectivity index (χ3v) is 7.74. The third kappa shape index (κ3) is 3.71. The zero-order valence-electron chi connectivity index (χ0n) is 19.7. The number of esters is 1. The Labute approximate surface area is 221 Å². The maximum absolute atomic E-state index is 14.0. The standard InChI is InChI=1S/C29H21BrN2O5/c1-16(33)37-21-12-6-18(7-13-21)27(34)26-24-23(25-22-5-3-2-4-17(22)14-15-31(25)26)28(35)32(29(24)36)20-10-8-19(30)9-11-20/h2-15,23-26H,1H3/t23-,24-,25+,26+/m1/s1. The van der Waals surface area contributed by atoms with Crippen molar-refractivity contribution in [3.8, 4) is 5.75 Å². The minimum absolute atomic E-state index is 0.269. The van der Waals surface area contributed by atoms with Gasteiger partial charge in [0.05, 0.1) is 23.6 Å². The van der Waals surface area contributed by atoms with Gasteiger partial charge in [-0.1, -0.05) is 40.2 Å². The number of fused-ring (bicyclic) bond motifs is 5. The second-order valence-electron chi connectivity index (χ2n) is 9.30. The van der Waals surface area contributed by atoms with Gasteiger partial charge in [0.2, 0.25) is 11.8 Å². The number of hydrogen-bond donors (Lipinski definition) is 0. The van der Waals surface area contributed by atoms with E-state index in [1.54, 1.807) is 48.5 Å². The Balaban J connectivity index is 1.44. The van der Waals surface area contributed by atoms with Gasteiger partial charge in [-0.15, -0.1) is 0 Å². The van der Waals surface area contributed by atoms with Gasteiger partial charge in [-0.2, -0.15) is 0 Å². The molecule has 6 rings (SSSR count). The summed E-state index contributed by atoms with van der Waals surface area (Å²) in [6.07, 6.45) is 3.74. The number of hydrogen-bond acceptors (Lipinski definition) is 6. The van der Waals surface area contributed by atoms with Crippen molar-refractivity contribution >= 4 is 51.3 Å². The first-order valence-electron chi connectivity index (χ1n) is 11.9. The first-order chi connectivity index (χ1) is 17.8. The minimum Gasteiger partial charge on any atom is -0.427 e. The molecule has 37 heavy (non-hydrogen) atoms. The Kier molecular flexibility index (Phi) is 5.56. The van der Waals surface area contributed by atoms with Gasteiger partial charge in [0.15, 0.2) is 5.78 Å². The maximum Gasteiger partial charge on any atom is 0.308 e. The van der Waals surface area contributed by atoms with Gasteiger partial charge < -0.3 is 9.64 Å². The Morgan fingerprint density at radius 1 is 0.865 bits per heavy atom. The minimum atomic E-state index is -0.865. The van der Waals surface area contributed by atoms with Crippen LogP contribution in [0.25, 0.3) is 6.08 Å². The van der Waals surface area contributed by atoms with Crippen LogP contribution in [0.3, 0.4) is 0 Å². The van der Waals surface area contributed by atoms with E-state index in [2.05, 4.69) is 15.9 Å². The zero-order chi connectivity index (χ0) is 25.8. The average Bonchev–Trinajstić information content (AvgIpc) is 3.37. The maximum atomic E-state index is 14.0. The Morgan fingerprint density at radius 3 is 2.24 bits per heavy atom. The number of amides is 2. The number of carbonyl (C=O) groups excluding carboxylic acids is 4. The van der Waals surface area contributed by atoms with Crippen molar-refractivity contribution in [2.45, 2.75) is 19.0 Å². The topological polar surface area (TPSA) is 84.0 Å². The zero-order valence-corrected chi connectivity index (χ0v) is 21.3. The molecule has 0 N–H and O–H groups in total. The molecule has 4 atom stereocenters.